The van der Waals surface area contributed by atoms with Crippen molar-refractivity contribution in [2.45, 2.75) is 39.2 Å². The van der Waals surface area contributed by atoms with Gasteiger partial charge in [-0.15, -0.1) is 0 Å². The zero-order valence-electron chi connectivity index (χ0n) is 13.2. The second-order valence-electron chi connectivity index (χ2n) is 6.35. The van der Waals surface area contributed by atoms with Gasteiger partial charge in [-0.25, -0.2) is 0 Å². The molecule has 1 fully saturated rings. The minimum absolute atomic E-state index is 0.0159. The monoisotopic (exact) mass is 290 g/mol. The molecule has 2 N–H and O–H groups in total. The highest BCUT2D eigenvalue weighted by Crippen LogP contribution is 2.20. The molecule has 1 saturated heterocycles. The van der Waals surface area contributed by atoms with Gasteiger partial charge < -0.3 is 10.4 Å². The van der Waals surface area contributed by atoms with Crippen LogP contribution in [0.2, 0.25) is 0 Å². The molecule has 1 aliphatic rings. The standard InChI is InChI=1S/C17H26N2O2/c1-12(2)14-5-4-6-16(9-14)18-17(21)11-19-8-7-15(10-19)13(3)20/h4-6,9,12-13,15,20H,7-8,10-11H2,1-3H3,(H,18,21). The summed E-state index contributed by atoms with van der Waals surface area (Å²) in [4.78, 5) is 14.2. The van der Waals surface area contributed by atoms with Crippen molar-refractivity contribution in [3.05, 3.63) is 29.8 Å². The summed E-state index contributed by atoms with van der Waals surface area (Å²) in [6.45, 7) is 8.19. The minimum atomic E-state index is -0.291. The lowest BCUT2D eigenvalue weighted by Crippen LogP contribution is -2.32. The van der Waals surface area contributed by atoms with Crippen molar-refractivity contribution >= 4 is 11.6 Å². The molecule has 4 heteroatoms. The molecule has 2 unspecified atom stereocenters. The van der Waals surface area contributed by atoms with Crippen LogP contribution in [0.4, 0.5) is 5.69 Å². The molecule has 2 rings (SSSR count). The van der Waals surface area contributed by atoms with Gasteiger partial charge in [-0.05, 0) is 49.4 Å². The predicted molar refractivity (Wildman–Crippen MR) is 85.4 cm³/mol. The lowest BCUT2D eigenvalue weighted by Gasteiger charge is -2.17. The van der Waals surface area contributed by atoms with Crippen molar-refractivity contribution < 1.29 is 9.90 Å². The number of hydrogen-bond acceptors (Lipinski definition) is 3. The molecule has 0 aromatic heterocycles. The summed E-state index contributed by atoms with van der Waals surface area (Å²) in [6.07, 6.45) is 0.675. The molecule has 1 aromatic rings. The zero-order valence-corrected chi connectivity index (χ0v) is 13.2. The van der Waals surface area contributed by atoms with Gasteiger partial charge >= 0.3 is 0 Å². The molecular weight excluding hydrogens is 264 g/mol. The second kappa shape index (κ2) is 7.05. The molecule has 2 atom stereocenters. The number of carbonyl (C=O) groups is 1. The maximum Gasteiger partial charge on any atom is 0.238 e. The Bertz CT molecular complexity index is 485. The Morgan fingerprint density at radius 3 is 2.81 bits per heavy atom. The average molecular weight is 290 g/mol. The Morgan fingerprint density at radius 1 is 1.43 bits per heavy atom. The fourth-order valence-electron chi connectivity index (χ4n) is 2.78. The first-order valence-electron chi connectivity index (χ1n) is 7.76. The molecule has 1 heterocycles. The number of amides is 1. The van der Waals surface area contributed by atoms with Crippen LogP contribution in [-0.2, 0) is 4.79 Å². The van der Waals surface area contributed by atoms with Gasteiger partial charge in [0.1, 0.15) is 0 Å². The highest BCUT2D eigenvalue weighted by Gasteiger charge is 2.26. The summed E-state index contributed by atoms with van der Waals surface area (Å²) in [5, 5.41) is 12.6. The van der Waals surface area contributed by atoms with Crippen LogP contribution in [0, 0.1) is 5.92 Å². The number of aliphatic hydroxyl groups is 1. The Labute approximate surface area is 127 Å². The topological polar surface area (TPSA) is 52.6 Å². The van der Waals surface area contributed by atoms with Crippen molar-refractivity contribution in [2.75, 3.05) is 25.0 Å². The van der Waals surface area contributed by atoms with E-state index in [4.69, 9.17) is 0 Å². The first kappa shape index (κ1) is 16.0. The van der Waals surface area contributed by atoms with Crippen molar-refractivity contribution in [3.8, 4) is 0 Å². The van der Waals surface area contributed by atoms with E-state index in [1.807, 2.05) is 25.1 Å². The third-order valence-corrected chi connectivity index (χ3v) is 4.20. The Hall–Kier alpha value is -1.39. The van der Waals surface area contributed by atoms with Crippen LogP contribution in [0.25, 0.3) is 0 Å². The summed E-state index contributed by atoms with van der Waals surface area (Å²) in [6, 6.07) is 8.01. The number of nitrogens with one attached hydrogen (secondary N) is 1. The lowest BCUT2D eigenvalue weighted by molar-refractivity contribution is -0.117. The van der Waals surface area contributed by atoms with Crippen molar-refractivity contribution in [2.24, 2.45) is 5.92 Å². The molecule has 116 valence electrons. The predicted octanol–water partition coefficient (Wildman–Crippen LogP) is 2.45. The van der Waals surface area contributed by atoms with E-state index < -0.39 is 0 Å². The van der Waals surface area contributed by atoms with E-state index in [2.05, 4.69) is 30.1 Å². The first-order chi connectivity index (χ1) is 9.95. The van der Waals surface area contributed by atoms with Gasteiger partial charge in [0, 0.05) is 12.2 Å². The number of likely N-dealkylation sites (tertiary alicyclic amines) is 1. The quantitative estimate of drug-likeness (QED) is 0.876. The van der Waals surface area contributed by atoms with Gasteiger partial charge in [-0.3, -0.25) is 9.69 Å². The maximum absolute atomic E-state index is 12.1. The van der Waals surface area contributed by atoms with Gasteiger partial charge in [0.15, 0.2) is 0 Å². The number of rotatable bonds is 5. The fraction of sp³-hybridized carbons (Fsp3) is 0.588. The average Bonchev–Trinajstić information content (AvgIpc) is 2.87. The van der Waals surface area contributed by atoms with E-state index in [1.165, 1.54) is 5.56 Å². The van der Waals surface area contributed by atoms with Crippen LogP contribution in [0.15, 0.2) is 24.3 Å². The Kier molecular flexibility index (Phi) is 5.37. The van der Waals surface area contributed by atoms with E-state index in [1.54, 1.807) is 0 Å². The number of hydrogen-bond donors (Lipinski definition) is 2. The molecule has 1 aromatic carbocycles. The molecular formula is C17H26N2O2. The minimum Gasteiger partial charge on any atom is -0.393 e. The van der Waals surface area contributed by atoms with E-state index >= 15 is 0 Å². The van der Waals surface area contributed by atoms with Gasteiger partial charge in [0.2, 0.25) is 5.91 Å². The van der Waals surface area contributed by atoms with Crippen molar-refractivity contribution in [1.82, 2.24) is 4.90 Å². The summed E-state index contributed by atoms with van der Waals surface area (Å²) >= 11 is 0. The van der Waals surface area contributed by atoms with Crippen LogP contribution in [-0.4, -0.2) is 41.7 Å². The largest absolute Gasteiger partial charge is 0.393 e. The normalized spacial score (nSPS) is 20.7. The molecule has 1 amide bonds. The van der Waals surface area contributed by atoms with Crippen LogP contribution >= 0.6 is 0 Å². The number of carbonyl (C=O) groups excluding carboxylic acids is 1. The summed E-state index contributed by atoms with van der Waals surface area (Å²) < 4.78 is 0. The second-order valence-corrected chi connectivity index (χ2v) is 6.35. The maximum atomic E-state index is 12.1. The highest BCUT2D eigenvalue weighted by atomic mass is 16.3. The Balaban J connectivity index is 1.86. The van der Waals surface area contributed by atoms with Crippen LogP contribution < -0.4 is 5.32 Å². The van der Waals surface area contributed by atoms with Gasteiger partial charge in [-0.1, -0.05) is 26.0 Å². The molecule has 21 heavy (non-hydrogen) atoms. The number of anilines is 1. The van der Waals surface area contributed by atoms with Gasteiger partial charge in [0.25, 0.3) is 0 Å². The van der Waals surface area contributed by atoms with E-state index in [0.29, 0.717) is 18.4 Å². The molecule has 1 aliphatic heterocycles. The summed E-state index contributed by atoms with van der Waals surface area (Å²) in [7, 11) is 0. The molecule has 0 saturated carbocycles. The number of benzene rings is 1. The molecule has 4 nitrogen and oxygen atoms in total. The van der Waals surface area contributed by atoms with E-state index in [0.717, 1.165) is 25.2 Å². The van der Waals surface area contributed by atoms with Crippen LogP contribution in [0.5, 0.6) is 0 Å². The number of aliphatic hydroxyl groups excluding tert-OH is 1. The summed E-state index contributed by atoms with van der Waals surface area (Å²) in [5.41, 5.74) is 2.08. The highest BCUT2D eigenvalue weighted by molar-refractivity contribution is 5.92. The smallest absolute Gasteiger partial charge is 0.238 e. The molecule has 0 radical (unpaired) electrons. The third-order valence-electron chi connectivity index (χ3n) is 4.20. The molecule has 0 aliphatic carbocycles. The molecule has 0 spiro atoms. The van der Waals surface area contributed by atoms with Crippen LogP contribution in [0.1, 0.15) is 38.7 Å². The zero-order chi connectivity index (χ0) is 15.4. The van der Waals surface area contributed by atoms with Crippen molar-refractivity contribution in [3.63, 3.8) is 0 Å². The van der Waals surface area contributed by atoms with Gasteiger partial charge in [-0.2, -0.15) is 0 Å². The Morgan fingerprint density at radius 2 is 2.19 bits per heavy atom. The van der Waals surface area contributed by atoms with Crippen LogP contribution in [0.3, 0.4) is 0 Å². The molecule has 0 bridgehead atoms. The first-order valence-corrected chi connectivity index (χ1v) is 7.76. The van der Waals surface area contributed by atoms with E-state index in [-0.39, 0.29) is 12.0 Å². The summed E-state index contributed by atoms with van der Waals surface area (Å²) in [5.74, 6) is 0.761. The fourth-order valence-corrected chi connectivity index (χ4v) is 2.78. The van der Waals surface area contributed by atoms with Crippen molar-refractivity contribution in [1.29, 1.82) is 0 Å². The lowest BCUT2D eigenvalue weighted by atomic mass is 10.0. The third kappa shape index (κ3) is 4.55. The number of nitrogens with zero attached hydrogens (tertiary/aromatic N) is 1. The van der Waals surface area contributed by atoms with Gasteiger partial charge in [0.05, 0.1) is 12.6 Å². The SMILES string of the molecule is CC(C)c1cccc(NC(=O)CN2CCC(C(C)O)C2)c1. The van der Waals surface area contributed by atoms with E-state index in [9.17, 15) is 9.90 Å².